The third kappa shape index (κ3) is 8.22. The van der Waals surface area contributed by atoms with Gasteiger partial charge < -0.3 is 29.4 Å². The second-order valence-electron chi connectivity index (χ2n) is 10.4. The zero-order valence-corrected chi connectivity index (χ0v) is 24.1. The zero-order chi connectivity index (χ0) is 30.3. The van der Waals surface area contributed by atoms with Gasteiger partial charge in [0.15, 0.2) is 11.8 Å². The number of pyridine rings is 2. The molecular weight excluding hydrogens is 533 g/mol. The number of aromatic nitrogens is 4. The number of likely N-dealkylation sites (N-methyl/N-ethyl adjacent to an activating group) is 1. The summed E-state index contributed by atoms with van der Waals surface area (Å²) in [4.78, 5) is 64.4. The van der Waals surface area contributed by atoms with Crippen LogP contribution in [0.3, 0.4) is 0 Å². The van der Waals surface area contributed by atoms with Crippen LogP contribution in [0.25, 0.3) is 11.2 Å². The van der Waals surface area contributed by atoms with Crippen molar-refractivity contribution in [1.29, 1.82) is 0 Å². The molecule has 2 N–H and O–H groups in total. The minimum absolute atomic E-state index is 0.0192. The van der Waals surface area contributed by atoms with Crippen molar-refractivity contribution in [2.24, 2.45) is 5.92 Å². The predicted molar refractivity (Wildman–Crippen MR) is 152 cm³/mol. The standard InChI is InChI=1S/C28H36FN7O5/c1-17(2)14-18-19(29)15-30-25-24(18)32-22(33-25)16-36-13-9-10-20(27(36)39)31-26(38)21(41-28(40)35(5)6)11-7-8-12-23(37)34(3)4/h8-10,12-13,15,17,21H,7,11,14,16H2,1-6H3,(H,31,38)(H,30,32,33). The van der Waals surface area contributed by atoms with Gasteiger partial charge in [0.05, 0.1) is 18.3 Å². The van der Waals surface area contributed by atoms with Crippen molar-refractivity contribution < 1.29 is 23.5 Å². The Morgan fingerprint density at radius 2 is 1.93 bits per heavy atom. The largest absolute Gasteiger partial charge is 0.436 e. The SMILES string of the molecule is CC(C)Cc1c(F)cnc2nc(Cn3cccc(NC(=O)C(CCC=CC(=O)N(C)C)OC(=O)N(C)C)c3=O)[nH]c12. The molecule has 0 spiro atoms. The molecule has 1 atom stereocenters. The van der Waals surface area contributed by atoms with E-state index in [0.717, 1.165) is 6.20 Å². The summed E-state index contributed by atoms with van der Waals surface area (Å²) in [5.74, 6) is -0.730. The number of imidazole rings is 1. The summed E-state index contributed by atoms with van der Waals surface area (Å²) in [5.41, 5.74) is 0.774. The Hall–Kier alpha value is -4.55. The Morgan fingerprint density at radius 1 is 1.20 bits per heavy atom. The number of H-pyrrole nitrogens is 1. The van der Waals surface area contributed by atoms with Crippen molar-refractivity contribution in [3.8, 4) is 0 Å². The highest BCUT2D eigenvalue weighted by Crippen LogP contribution is 2.21. The zero-order valence-electron chi connectivity index (χ0n) is 24.1. The Labute approximate surface area is 237 Å². The number of nitrogens with one attached hydrogen (secondary N) is 2. The monoisotopic (exact) mass is 569 g/mol. The van der Waals surface area contributed by atoms with Crippen LogP contribution in [0.4, 0.5) is 14.9 Å². The van der Waals surface area contributed by atoms with Gasteiger partial charge in [-0.3, -0.25) is 14.4 Å². The van der Waals surface area contributed by atoms with E-state index in [2.05, 4.69) is 20.3 Å². The van der Waals surface area contributed by atoms with Crippen LogP contribution in [0.5, 0.6) is 0 Å². The lowest BCUT2D eigenvalue weighted by molar-refractivity contribution is -0.125. The van der Waals surface area contributed by atoms with E-state index in [1.807, 2.05) is 13.8 Å². The lowest BCUT2D eigenvalue weighted by Crippen LogP contribution is -2.37. The number of allylic oxidation sites excluding steroid dienone is 1. The number of halogens is 1. The number of ether oxygens (including phenoxy) is 1. The number of nitrogens with zero attached hydrogens (tertiary/aromatic N) is 5. The maximum absolute atomic E-state index is 14.4. The van der Waals surface area contributed by atoms with Gasteiger partial charge in [-0.1, -0.05) is 19.9 Å². The third-order valence-corrected chi connectivity index (χ3v) is 6.03. The number of amides is 3. The van der Waals surface area contributed by atoms with Crippen molar-refractivity contribution in [1.82, 2.24) is 29.3 Å². The molecule has 0 aromatic carbocycles. The number of fused-ring (bicyclic) bond motifs is 1. The normalized spacial score (nSPS) is 12.1. The molecule has 13 heteroatoms. The molecule has 0 fully saturated rings. The van der Waals surface area contributed by atoms with Crippen molar-refractivity contribution in [2.75, 3.05) is 33.5 Å². The second kappa shape index (κ2) is 13.7. The van der Waals surface area contributed by atoms with Crippen molar-refractivity contribution in [2.45, 2.75) is 45.8 Å². The van der Waals surface area contributed by atoms with Gasteiger partial charge in [-0.2, -0.15) is 0 Å². The summed E-state index contributed by atoms with van der Waals surface area (Å²) < 4.78 is 21.1. The molecule has 3 amide bonds. The van der Waals surface area contributed by atoms with Gasteiger partial charge in [0.2, 0.25) is 5.91 Å². The van der Waals surface area contributed by atoms with E-state index in [-0.39, 0.29) is 36.9 Å². The molecule has 0 radical (unpaired) electrons. The quantitative estimate of drug-likeness (QED) is 0.338. The Bertz CT molecular complexity index is 1490. The van der Waals surface area contributed by atoms with Gasteiger partial charge in [0.25, 0.3) is 11.5 Å². The van der Waals surface area contributed by atoms with Crippen LogP contribution in [-0.2, 0) is 27.3 Å². The number of anilines is 1. The van der Waals surface area contributed by atoms with Crippen molar-refractivity contribution in [3.05, 3.63) is 64.2 Å². The first-order valence-electron chi connectivity index (χ1n) is 13.1. The lowest BCUT2D eigenvalue weighted by Gasteiger charge is -2.19. The summed E-state index contributed by atoms with van der Waals surface area (Å²) in [5, 5.41) is 2.55. The fourth-order valence-electron chi connectivity index (χ4n) is 3.90. The van der Waals surface area contributed by atoms with Gasteiger partial charge in [0, 0.05) is 40.0 Å². The molecule has 1 unspecified atom stereocenters. The molecule has 0 saturated carbocycles. The van der Waals surface area contributed by atoms with Gasteiger partial charge in [-0.15, -0.1) is 0 Å². The molecule has 0 aliphatic rings. The molecule has 0 aliphatic heterocycles. The molecule has 3 heterocycles. The highest BCUT2D eigenvalue weighted by Gasteiger charge is 2.24. The minimum atomic E-state index is -1.22. The molecule has 3 aromatic rings. The van der Waals surface area contributed by atoms with Crippen LogP contribution in [-0.4, -0.2) is 81.5 Å². The van der Waals surface area contributed by atoms with Gasteiger partial charge in [-0.05, 0) is 43.4 Å². The number of hydrogen-bond donors (Lipinski definition) is 2. The summed E-state index contributed by atoms with van der Waals surface area (Å²) in [6.07, 6.45) is 4.54. The number of rotatable bonds is 11. The minimum Gasteiger partial charge on any atom is -0.436 e. The molecule has 3 aromatic heterocycles. The molecule has 0 bridgehead atoms. The molecule has 0 aliphatic carbocycles. The van der Waals surface area contributed by atoms with Crippen LogP contribution < -0.4 is 10.9 Å². The first-order valence-corrected chi connectivity index (χ1v) is 13.1. The van der Waals surface area contributed by atoms with Gasteiger partial charge in [0.1, 0.15) is 17.3 Å². The van der Waals surface area contributed by atoms with Crippen LogP contribution in [0.1, 0.15) is 38.1 Å². The Morgan fingerprint density at radius 3 is 2.59 bits per heavy atom. The maximum Gasteiger partial charge on any atom is 0.410 e. The van der Waals surface area contributed by atoms with Crippen LogP contribution in [0, 0.1) is 11.7 Å². The smallest absolute Gasteiger partial charge is 0.410 e. The number of hydrogen-bond acceptors (Lipinski definition) is 7. The van der Waals surface area contributed by atoms with E-state index < -0.39 is 29.5 Å². The average Bonchev–Trinajstić information content (AvgIpc) is 3.32. The first-order chi connectivity index (χ1) is 19.4. The van der Waals surface area contributed by atoms with E-state index >= 15 is 0 Å². The summed E-state index contributed by atoms with van der Waals surface area (Å²) in [7, 11) is 6.19. The fourth-order valence-corrected chi connectivity index (χ4v) is 3.90. The first kappa shape index (κ1) is 31.0. The van der Waals surface area contributed by atoms with E-state index in [4.69, 9.17) is 4.74 Å². The highest BCUT2D eigenvalue weighted by atomic mass is 19.1. The Kier molecular flexibility index (Phi) is 10.3. The van der Waals surface area contributed by atoms with Crippen molar-refractivity contribution >= 4 is 34.8 Å². The molecular formula is C28H36FN7O5. The summed E-state index contributed by atoms with van der Waals surface area (Å²) in [6, 6.07) is 3.02. The number of carbonyl (C=O) groups excluding carboxylic acids is 3. The fraction of sp³-hybridized carbons (Fsp3) is 0.429. The maximum atomic E-state index is 14.4. The van der Waals surface area contributed by atoms with Crippen molar-refractivity contribution in [3.63, 3.8) is 0 Å². The molecule has 0 saturated heterocycles. The molecule has 12 nitrogen and oxygen atoms in total. The van der Waals surface area contributed by atoms with Gasteiger partial charge in [-0.25, -0.2) is 19.2 Å². The summed E-state index contributed by atoms with van der Waals surface area (Å²) >= 11 is 0. The molecule has 3 rings (SSSR count). The predicted octanol–water partition coefficient (Wildman–Crippen LogP) is 2.94. The van der Waals surface area contributed by atoms with E-state index in [1.54, 1.807) is 26.2 Å². The van der Waals surface area contributed by atoms with Gasteiger partial charge >= 0.3 is 6.09 Å². The number of aromatic amines is 1. The van der Waals surface area contributed by atoms with E-state index in [1.165, 1.54) is 46.8 Å². The van der Waals surface area contributed by atoms with E-state index in [0.29, 0.717) is 29.0 Å². The average molecular weight is 570 g/mol. The third-order valence-electron chi connectivity index (χ3n) is 6.03. The van der Waals surface area contributed by atoms with Crippen LogP contribution in [0.15, 0.2) is 41.5 Å². The molecule has 220 valence electrons. The highest BCUT2D eigenvalue weighted by molar-refractivity contribution is 5.95. The number of carbonyl (C=O) groups is 3. The Balaban J connectivity index is 1.79. The second-order valence-corrected chi connectivity index (χ2v) is 10.4. The lowest BCUT2D eigenvalue weighted by atomic mass is 10.0. The van der Waals surface area contributed by atoms with Crippen LogP contribution >= 0.6 is 0 Å². The summed E-state index contributed by atoms with van der Waals surface area (Å²) in [6.45, 7) is 3.99. The topological polar surface area (TPSA) is 143 Å². The van der Waals surface area contributed by atoms with E-state index in [9.17, 15) is 23.6 Å². The molecule has 41 heavy (non-hydrogen) atoms. The van der Waals surface area contributed by atoms with Crippen LogP contribution in [0.2, 0.25) is 0 Å².